The lowest BCUT2D eigenvalue weighted by molar-refractivity contribution is 0.535. The van der Waals surface area contributed by atoms with Crippen molar-refractivity contribution >= 4 is 33.9 Å². The van der Waals surface area contributed by atoms with Gasteiger partial charge in [-0.15, -0.1) is 11.3 Å². The Balaban J connectivity index is 2.21. The molecule has 2 nitrogen and oxygen atoms in total. The number of halogens is 1. The number of fused-ring (bicyclic) bond motifs is 1. The van der Waals surface area contributed by atoms with Crippen LogP contribution in [0.25, 0.3) is 11.0 Å². The van der Waals surface area contributed by atoms with E-state index in [1.54, 1.807) is 11.3 Å². The van der Waals surface area contributed by atoms with Crippen molar-refractivity contribution in [1.82, 2.24) is 5.32 Å². The van der Waals surface area contributed by atoms with Gasteiger partial charge >= 0.3 is 0 Å². The van der Waals surface area contributed by atoms with Gasteiger partial charge < -0.3 is 9.73 Å². The highest BCUT2D eigenvalue weighted by molar-refractivity contribution is 7.10. The fourth-order valence-corrected chi connectivity index (χ4v) is 3.99. The first-order valence-corrected chi connectivity index (χ1v) is 8.48. The number of aryl methyl sites for hydroxylation is 1. The molecule has 0 amide bonds. The lowest BCUT2D eigenvalue weighted by atomic mass is 10.00. The van der Waals surface area contributed by atoms with Crippen LogP contribution in [-0.2, 0) is 6.42 Å². The standard InChI is InChI=1S/C17H18ClNOS/c1-3-13-15(11-7-5-6-8-14(11)20-13)16(19-4-2)17-12(18)9-10-21-17/h5-10,16,19H,3-4H2,1-2H3. The molecule has 0 aliphatic rings. The quantitative estimate of drug-likeness (QED) is 0.680. The van der Waals surface area contributed by atoms with Gasteiger partial charge in [-0.05, 0) is 24.1 Å². The largest absolute Gasteiger partial charge is 0.461 e. The van der Waals surface area contributed by atoms with Crippen LogP contribution in [0.2, 0.25) is 5.02 Å². The Bertz CT molecular complexity index is 746. The zero-order chi connectivity index (χ0) is 14.8. The number of furan rings is 1. The van der Waals surface area contributed by atoms with Gasteiger partial charge in [0.2, 0.25) is 0 Å². The van der Waals surface area contributed by atoms with Crippen LogP contribution >= 0.6 is 22.9 Å². The summed E-state index contributed by atoms with van der Waals surface area (Å²) in [6, 6.07) is 10.3. The second-order valence-electron chi connectivity index (χ2n) is 4.91. The number of hydrogen-bond acceptors (Lipinski definition) is 3. The van der Waals surface area contributed by atoms with Crippen molar-refractivity contribution in [3.63, 3.8) is 0 Å². The van der Waals surface area contributed by atoms with Crippen molar-refractivity contribution in [2.45, 2.75) is 26.3 Å². The molecule has 3 aromatic rings. The first-order valence-electron chi connectivity index (χ1n) is 7.22. The van der Waals surface area contributed by atoms with Crippen LogP contribution < -0.4 is 5.32 Å². The first kappa shape index (κ1) is 14.6. The van der Waals surface area contributed by atoms with E-state index in [0.717, 1.165) is 34.2 Å². The molecule has 110 valence electrons. The maximum absolute atomic E-state index is 6.37. The molecule has 0 aliphatic carbocycles. The number of rotatable bonds is 5. The summed E-state index contributed by atoms with van der Waals surface area (Å²) in [4.78, 5) is 1.15. The predicted octanol–water partition coefficient (Wildman–Crippen LogP) is 5.41. The minimum Gasteiger partial charge on any atom is -0.461 e. The van der Waals surface area contributed by atoms with Gasteiger partial charge in [-0.25, -0.2) is 0 Å². The van der Waals surface area contributed by atoms with Gasteiger partial charge in [-0.3, -0.25) is 0 Å². The second kappa shape index (κ2) is 6.22. The monoisotopic (exact) mass is 319 g/mol. The summed E-state index contributed by atoms with van der Waals surface area (Å²) in [5.74, 6) is 1.03. The molecule has 1 unspecified atom stereocenters. The highest BCUT2D eigenvalue weighted by Crippen LogP contribution is 2.39. The summed E-state index contributed by atoms with van der Waals surface area (Å²) >= 11 is 8.06. The van der Waals surface area contributed by atoms with Crippen molar-refractivity contribution in [1.29, 1.82) is 0 Å². The summed E-state index contributed by atoms with van der Waals surface area (Å²) in [6.45, 7) is 5.12. The van der Waals surface area contributed by atoms with E-state index >= 15 is 0 Å². The van der Waals surface area contributed by atoms with E-state index in [-0.39, 0.29) is 6.04 Å². The number of nitrogens with one attached hydrogen (secondary N) is 1. The Morgan fingerprint density at radius 3 is 2.71 bits per heavy atom. The van der Waals surface area contributed by atoms with E-state index in [1.807, 2.05) is 23.6 Å². The summed E-state index contributed by atoms with van der Waals surface area (Å²) in [5, 5.41) is 7.59. The molecular formula is C17H18ClNOS. The molecule has 0 saturated heterocycles. The Morgan fingerprint density at radius 2 is 2.05 bits per heavy atom. The highest BCUT2D eigenvalue weighted by atomic mass is 35.5. The highest BCUT2D eigenvalue weighted by Gasteiger charge is 2.25. The van der Waals surface area contributed by atoms with Crippen molar-refractivity contribution in [2.24, 2.45) is 0 Å². The molecule has 1 atom stereocenters. The van der Waals surface area contributed by atoms with E-state index in [0.29, 0.717) is 0 Å². The van der Waals surface area contributed by atoms with Gasteiger partial charge in [-0.2, -0.15) is 0 Å². The minimum atomic E-state index is 0.0844. The molecule has 0 bridgehead atoms. The normalized spacial score (nSPS) is 12.9. The number of para-hydroxylation sites is 1. The summed E-state index contributed by atoms with van der Waals surface area (Å²) in [5.41, 5.74) is 2.17. The van der Waals surface area contributed by atoms with Gasteiger partial charge in [-0.1, -0.05) is 43.6 Å². The molecule has 0 fully saturated rings. The molecule has 21 heavy (non-hydrogen) atoms. The molecule has 0 saturated carbocycles. The van der Waals surface area contributed by atoms with Crippen LogP contribution in [0.4, 0.5) is 0 Å². The summed E-state index contributed by atoms with van der Waals surface area (Å²) in [7, 11) is 0. The van der Waals surface area contributed by atoms with Crippen LogP contribution in [-0.4, -0.2) is 6.54 Å². The maximum Gasteiger partial charge on any atom is 0.134 e. The van der Waals surface area contributed by atoms with E-state index in [4.69, 9.17) is 16.0 Å². The van der Waals surface area contributed by atoms with Crippen LogP contribution in [0.15, 0.2) is 40.1 Å². The van der Waals surface area contributed by atoms with Crippen LogP contribution in [0, 0.1) is 0 Å². The first-order chi connectivity index (χ1) is 10.3. The SMILES string of the molecule is CCNC(c1sccc1Cl)c1c(CC)oc2ccccc12. The van der Waals surface area contributed by atoms with Crippen molar-refractivity contribution < 1.29 is 4.42 Å². The second-order valence-corrected chi connectivity index (χ2v) is 6.27. The van der Waals surface area contributed by atoms with Crippen LogP contribution in [0.5, 0.6) is 0 Å². The maximum atomic E-state index is 6.37. The molecule has 1 aromatic carbocycles. The van der Waals surface area contributed by atoms with Gasteiger partial charge in [0.1, 0.15) is 11.3 Å². The van der Waals surface area contributed by atoms with Gasteiger partial charge in [0, 0.05) is 22.2 Å². The Kier molecular flexibility index (Phi) is 4.34. The average molecular weight is 320 g/mol. The van der Waals surface area contributed by atoms with Gasteiger partial charge in [0.05, 0.1) is 11.1 Å². The molecular weight excluding hydrogens is 302 g/mol. The molecule has 3 rings (SSSR count). The predicted molar refractivity (Wildman–Crippen MR) is 90.4 cm³/mol. The van der Waals surface area contributed by atoms with Crippen molar-refractivity contribution in [2.75, 3.05) is 6.54 Å². The third kappa shape index (κ3) is 2.61. The molecule has 4 heteroatoms. The summed E-state index contributed by atoms with van der Waals surface area (Å²) in [6.07, 6.45) is 0.870. The molecule has 2 aromatic heterocycles. The fraction of sp³-hybridized carbons (Fsp3) is 0.294. The molecule has 2 heterocycles. The van der Waals surface area contributed by atoms with Gasteiger partial charge in [0.15, 0.2) is 0 Å². The summed E-state index contributed by atoms with van der Waals surface area (Å²) < 4.78 is 6.04. The fourth-order valence-electron chi connectivity index (χ4n) is 2.74. The average Bonchev–Trinajstić information content (AvgIpc) is 3.08. The van der Waals surface area contributed by atoms with Crippen LogP contribution in [0.3, 0.4) is 0 Å². The Labute approximate surface area is 133 Å². The third-order valence-electron chi connectivity index (χ3n) is 3.64. The zero-order valence-electron chi connectivity index (χ0n) is 12.2. The Morgan fingerprint density at radius 1 is 1.24 bits per heavy atom. The lowest BCUT2D eigenvalue weighted by Gasteiger charge is -2.18. The van der Waals surface area contributed by atoms with E-state index in [1.165, 1.54) is 10.9 Å². The Hall–Kier alpha value is -1.29. The van der Waals surface area contributed by atoms with E-state index < -0.39 is 0 Å². The van der Waals surface area contributed by atoms with E-state index in [9.17, 15) is 0 Å². The number of thiophene rings is 1. The number of benzene rings is 1. The van der Waals surface area contributed by atoms with Crippen LogP contribution in [0.1, 0.15) is 36.1 Å². The molecule has 0 aliphatic heterocycles. The van der Waals surface area contributed by atoms with E-state index in [2.05, 4.69) is 31.3 Å². The lowest BCUT2D eigenvalue weighted by Crippen LogP contribution is -2.22. The molecule has 0 spiro atoms. The topological polar surface area (TPSA) is 25.2 Å². The molecule has 1 N–H and O–H groups in total. The van der Waals surface area contributed by atoms with Crippen molar-refractivity contribution in [3.8, 4) is 0 Å². The molecule has 0 radical (unpaired) electrons. The van der Waals surface area contributed by atoms with Gasteiger partial charge in [0.25, 0.3) is 0 Å². The third-order valence-corrected chi connectivity index (χ3v) is 5.06. The minimum absolute atomic E-state index is 0.0844. The van der Waals surface area contributed by atoms with Crippen molar-refractivity contribution in [3.05, 3.63) is 56.9 Å². The number of hydrogen-bond donors (Lipinski definition) is 1. The zero-order valence-corrected chi connectivity index (χ0v) is 13.7. The smallest absolute Gasteiger partial charge is 0.134 e.